The van der Waals surface area contributed by atoms with Crippen LogP contribution in [-0.4, -0.2) is 116 Å². The molecule has 11 nitrogen and oxygen atoms in total. The van der Waals surface area contributed by atoms with Crippen molar-refractivity contribution in [2.45, 2.75) is 67.8 Å². The Labute approximate surface area is 149 Å². The Balaban J connectivity index is 1.87. The molecule has 3 aliphatic rings. The van der Waals surface area contributed by atoms with Crippen LogP contribution in [0.2, 0.25) is 0 Å². The SMILES string of the molecule is CC1COC1[C@@]1(O[C@H]2O[C@H](CO)[C@@H](O)[C@H](O)[C@H]2O)O[C@H](CO)[C@@H](O)[C@@H]1O. The number of hydrogen-bond donors (Lipinski definition) is 7. The van der Waals surface area contributed by atoms with Gasteiger partial charge in [0, 0.05) is 5.92 Å². The monoisotopic (exact) mass is 382 g/mol. The summed E-state index contributed by atoms with van der Waals surface area (Å²) in [7, 11) is 0. The Hall–Kier alpha value is -0.440. The summed E-state index contributed by atoms with van der Waals surface area (Å²) >= 11 is 0. The van der Waals surface area contributed by atoms with Crippen molar-refractivity contribution < 1.29 is 54.7 Å². The molecule has 26 heavy (non-hydrogen) atoms. The Kier molecular flexibility index (Phi) is 5.88. The summed E-state index contributed by atoms with van der Waals surface area (Å²) in [6.07, 6.45) is -12.9. The maximum atomic E-state index is 10.5. The molecule has 2 unspecified atom stereocenters. The van der Waals surface area contributed by atoms with E-state index in [4.69, 9.17) is 18.9 Å². The van der Waals surface area contributed by atoms with Gasteiger partial charge in [-0.2, -0.15) is 0 Å². The third kappa shape index (κ3) is 3.06. The molecule has 3 heterocycles. The van der Waals surface area contributed by atoms with Crippen molar-refractivity contribution in [3.05, 3.63) is 0 Å². The average Bonchev–Trinajstić information content (AvgIpc) is 2.86. The zero-order valence-electron chi connectivity index (χ0n) is 14.2. The van der Waals surface area contributed by atoms with Gasteiger partial charge in [0.2, 0.25) is 5.79 Å². The molecular formula is C15H26O11. The minimum absolute atomic E-state index is 0.140. The Morgan fingerprint density at radius 2 is 1.58 bits per heavy atom. The van der Waals surface area contributed by atoms with E-state index in [1.165, 1.54) is 0 Å². The normalized spacial score (nSPS) is 54.9. The van der Waals surface area contributed by atoms with Gasteiger partial charge in [-0.05, 0) is 0 Å². The van der Waals surface area contributed by atoms with Gasteiger partial charge in [-0.1, -0.05) is 6.92 Å². The van der Waals surface area contributed by atoms with Crippen molar-refractivity contribution in [2.75, 3.05) is 19.8 Å². The van der Waals surface area contributed by atoms with Gasteiger partial charge < -0.3 is 54.7 Å². The second kappa shape index (κ2) is 7.53. The van der Waals surface area contributed by atoms with Crippen LogP contribution >= 0.6 is 0 Å². The van der Waals surface area contributed by atoms with Gasteiger partial charge in [0.05, 0.1) is 19.8 Å². The van der Waals surface area contributed by atoms with Crippen LogP contribution in [0.15, 0.2) is 0 Å². The highest BCUT2D eigenvalue weighted by atomic mass is 16.8. The number of ether oxygens (including phenoxy) is 4. The molecule has 0 amide bonds. The molecule has 3 aliphatic heterocycles. The van der Waals surface area contributed by atoms with Crippen molar-refractivity contribution in [3.8, 4) is 0 Å². The largest absolute Gasteiger partial charge is 0.394 e. The van der Waals surface area contributed by atoms with Gasteiger partial charge in [0.25, 0.3) is 0 Å². The van der Waals surface area contributed by atoms with Gasteiger partial charge in [0.15, 0.2) is 6.29 Å². The van der Waals surface area contributed by atoms with Crippen LogP contribution in [0.5, 0.6) is 0 Å². The second-order valence-electron chi connectivity index (χ2n) is 7.04. The summed E-state index contributed by atoms with van der Waals surface area (Å²) < 4.78 is 22.0. The molecule has 3 fully saturated rings. The first kappa shape index (κ1) is 20.3. The van der Waals surface area contributed by atoms with Crippen LogP contribution in [0.3, 0.4) is 0 Å². The quantitative estimate of drug-likeness (QED) is 0.244. The molecule has 0 aliphatic carbocycles. The predicted octanol–water partition coefficient (Wildman–Crippen LogP) is -4.35. The third-order valence-electron chi connectivity index (χ3n) is 5.23. The van der Waals surface area contributed by atoms with E-state index in [1.54, 1.807) is 6.92 Å². The maximum Gasteiger partial charge on any atom is 0.227 e. The topological polar surface area (TPSA) is 179 Å². The molecule has 0 aromatic heterocycles. The molecule has 0 saturated carbocycles. The van der Waals surface area contributed by atoms with E-state index >= 15 is 0 Å². The van der Waals surface area contributed by atoms with Crippen molar-refractivity contribution in [1.29, 1.82) is 0 Å². The third-order valence-corrected chi connectivity index (χ3v) is 5.23. The number of rotatable bonds is 5. The molecular weight excluding hydrogens is 356 g/mol. The lowest BCUT2D eigenvalue weighted by Gasteiger charge is -2.50. The zero-order chi connectivity index (χ0) is 19.2. The van der Waals surface area contributed by atoms with Crippen molar-refractivity contribution >= 4 is 0 Å². The first-order valence-electron chi connectivity index (χ1n) is 8.51. The smallest absolute Gasteiger partial charge is 0.227 e. The standard InChI is InChI=1S/C15H26O11/c1-5-4-23-13(5)15(12(22)9(19)7(3-17)25-15)26-14-11(21)10(20)8(18)6(2-16)24-14/h5-14,16-22H,2-4H2,1H3/t5?,6-,7-,8-,9-,10+,11-,12+,13?,14-,15-/m1/s1. The molecule has 0 aromatic rings. The first-order valence-corrected chi connectivity index (χ1v) is 8.51. The van der Waals surface area contributed by atoms with E-state index in [9.17, 15) is 35.7 Å². The van der Waals surface area contributed by atoms with E-state index in [-0.39, 0.29) is 5.92 Å². The molecule has 0 radical (unpaired) electrons. The average molecular weight is 382 g/mol. The van der Waals surface area contributed by atoms with E-state index in [2.05, 4.69) is 0 Å². The summed E-state index contributed by atoms with van der Waals surface area (Å²) in [4.78, 5) is 0. The van der Waals surface area contributed by atoms with Crippen LogP contribution in [0.25, 0.3) is 0 Å². The molecule has 3 rings (SSSR count). The van der Waals surface area contributed by atoms with Crippen LogP contribution in [-0.2, 0) is 18.9 Å². The van der Waals surface area contributed by atoms with Crippen LogP contribution in [0.1, 0.15) is 6.92 Å². The molecule has 11 atom stereocenters. The molecule has 0 aromatic carbocycles. The van der Waals surface area contributed by atoms with E-state index in [0.717, 1.165) is 0 Å². The van der Waals surface area contributed by atoms with Gasteiger partial charge in [-0.3, -0.25) is 0 Å². The molecule has 11 heteroatoms. The summed E-state index contributed by atoms with van der Waals surface area (Å²) in [5.41, 5.74) is 0. The fourth-order valence-corrected chi connectivity index (χ4v) is 3.61. The zero-order valence-corrected chi connectivity index (χ0v) is 14.2. The number of aliphatic hydroxyl groups excluding tert-OH is 7. The van der Waals surface area contributed by atoms with Gasteiger partial charge in [-0.25, -0.2) is 0 Å². The van der Waals surface area contributed by atoms with E-state index in [0.29, 0.717) is 6.61 Å². The van der Waals surface area contributed by atoms with Crippen LogP contribution < -0.4 is 0 Å². The Morgan fingerprint density at radius 1 is 0.923 bits per heavy atom. The molecule has 0 bridgehead atoms. The summed E-state index contributed by atoms with van der Waals surface area (Å²) in [5, 5.41) is 69.2. The fourth-order valence-electron chi connectivity index (χ4n) is 3.61. The first-order chi connectivity index (χ1) is 12.3. The van der Waals surface area contributed by atoms with Gasteiger partial charge in [-0.15, -0.1) is 0 Å². The van der Waals surface area contributed by atoms with E-state index < -0.39 is 74.1 Å². The minimum Gasteiger partial charge on any atom is -0.394 e. The fraction of sp³-hybridized carbons (Fsp3) is 1.00. The summed E-state index contributed by atoms with van der Waals surface area (Å²) in [5.74, 6) is -2.11. The summed E-state index contributed by atoms with van der Waals surface area (Å²) in [6, 6.07) is 0. The minimum atomic E-state index is -1.97. The highest BCUT2D eigenvalue weighted by Gasteiger charge is 2.65. The second-order valence-corrected chi connectivity index (χ2v) is 7.04. The van der Waals surface area contributed by atoms with Crippen molar-refractivity contribution in [3.63, 3.8) is 0 Å². The van der Waals surface area contributed by atoms with Crippen molar-refractivity contribution in [2.24, 2.45) is 5.92 Å². The molecule has 152 valence electrons. The lowest BCUT2D eigenvalue weighted by Crippen LogP contribution is -2.67. The molecule has 0 spiro atoms. The molecule has 7 N–H and O–H groups in total. The Bertz CT molecular complexity index is 490. The van der Waals surface area contributed by atoms with Gasteiger partial charge in [0.1, 0.15) is 48.8 Å². The Morgan fingerprint density at radius 3 is 2.04 bits per heavy atom. The lowest BCUT2D eigenvalue weighted by molar-refractivity contribution is -0.415. The highest BCUT2D eigenvalue weighted by molar-refractivity contribution is 5.05. The van der Waals surface area contributed by atoms with Crippen molar-refractivity contribution in [1.82, 2.24) is 0 Å². The molecule has 3 saturated heterocycles. The maximum absolute atomic E-state index is 10.5. The van der Waals surface area contributed by atoms with Gasteiger partial charge >= 0.3 is 0 Å². The number of aliphatic hydroxyl groups is 7. The van der Waals surface area contributed by atoms with Crippen LogP contribution in [0, 0.1) is 5.92 Å². The summed E-state index contributed by atoms with van der Waals surface area (Å²) in [6.45, 7) is 0.889. The highest BCUT2D eigenvalue weighted by Crippen LogP contribution is 2.44. The van der Waals surface area contributed by atoms with Crippen LogP contribution in [0.4, 0.5) is 0 Å². The predicted molar refractivity (Wildman–Crippen MR) is 80.5 cm³/mol. The number of hydrogen-bond acceptors (Lipinski definition) is 11. The lowest BCUT2D eigenvalue weighted by atomic mass is 9.88. The van der Waals surface area contributed by atoms with E-state index in [1.807, 2.05) is 0 Å².